The van der Waals surface area contributed by atoms with Crippen molar-refractivity contribution in [2.24, 2.45) is 11.3 Å². The second kappa shape index (κ2) is 8.11. The monoisotopic (exact) mass is 323 g/mol. The normalized spacial score (nSPS) is 23.5. The largest absolute Gasteiger partial charge is 0.491 e. The Morgan fingerprint density at radius 3 is 2.52 bits per heavy atom. The lowest BCUT2D eigenvalue weighted by Crippen LogP contribution is -2.47. The van der Waals surface area contributed by atoms with E-state index >= 15 is 0 Å². The Balaban J connectivity index is 1.76. The molecule has 0 spiro atoms. The first-order valence-corrected chi connectivity index (χ1v) is 8.66. The summed E-state index contributed by atoms with van der Waals surface area (Å²) in [6.45, 7) is 7.63. The minimum atomic E-state index is -0.567. The molecular formula is C19H30FNO2. The molecular weight excluding hydrogens is 293 g/mol. The summed E-state index contributed by atoms with van der Waals surface area (Å²) in [4.78, 5) is 0. The molecule has 2 rings (SSSR count). The molecule has 0 aromatic heterocycles. The molecule has 4 heteroatoms. The summed E-state index contributed by atoms with van der Waals surface area (Å²) in [5.74, 6) is 0.933. The molecule has 1 aliphatic carbocycles. The van der Waals surface area contributed by atoms with Crippen LogP contribution in [0.2, 0.25) is 0 Å². The highest BCUT2D eigenvalue weighted by Gasteiger charge is 2.33. The molecule has 3 unspecified atom stereocenters. The van der Waals surface area contributed by atoms with E-state index in [-0.39, 0.29) is 17.8 Å². The molecule has 130 valence electrons. The van der Waals surface area contributed by atoms with Gasteiger partial charge >= 0.3 is 0 Å². The highest BCUT2D eigenvalue weighted by molar-refractivity contribution is 5.22. The lowest BCUT2D eigenvalue weighted by molar-refractivity contribution is 0.0827. The summed E-state index contributed by atoms with van der Waals surface area (Å²) in [6.07, 6.45) is 4.42. The number of hydrogen-bond acceptors (Lipinski definition) is 3. The van der Waals surface area contributed by atoms with Gasteiger partial charge in [-0.05, 0) is 48.4 Å². The predicted molar refractivity (Wildman–Crippen MR) is 91.1 cm³/mol. The lowest BCUT2D eigenvalue weighted by atomic mass is 9.69. The van der Waals surface area contributed by atoms with Crippen LogP contribution < -0.4 is 10.1 Å². The third-order valence-electron chi connectivity index (χ3n) is 4.75. The lowest BCUT2D eigenvalue weighted by Gasteiger charge is -2.41. The first kappa shape index (κ1) is 18.2. The van der Waals surface area contributed by atoms with Crippen LogP contribution in [0, 0.1) is 17.2 Å². The van der Waals surface area contributed by atoms with Gasteiger partial charge < -0.3 is 15.2 Å². The maximum absolute atomic E-state index is 12.8. The summed E-state index contributed by atoms with van der Waals surface area (Å²) in [5, 5.41) is 13.7. The van der Waals surface area contributed by atoms with Crippen LogP contribution in [0.1, 0.15) is 46.5 Å². The molecule has 23 heavy (non-hydrogen) atoms. The Hall–Kier alpha value is -1.13. The fraction of sp³-hybridized carbons (Fsp3) is 0.684. The molecule has 1 aliphatic rings. The SMILES string of the molecule is CC(C)(C)C1CCCCC1NCC(O)COc1ccc(F)cc1. The number of hydrogen-bond donors (Lipinski definition) is 2. The number of ether oxygens (including phenoxy) is 1. The van der Waals surface area contributed by atoms with E-state index in [0.717, 1.165) is 0 Å². The number of rotatable bonds is 6. The van der Waals surface area contributed by atoms with E-state index < -0.39 is 6.10 Å². The van der Waals surface area contributed by atoms with E-state index in [1.807, 2.05) is 0 Å². The first-order chi connectivity index (χ1) is 10.9. The van der Waals surface area contributed by atoms with Crippen LogP contribution in [0.3, 0.4) is 0 Å². The van der Waals surface area contributed by atoms with Gasteiger partial charge in [-0.1, -0.05) is 33.6 Å². The molecule has 1 aromatic rings. The van der Waals surface area contributed by atoms with E-state index in [1.165, 1.54) is 37.8 Å². The smallest absolute Gasteiger partial charge is 0.123 e. The van der Waals surface area contributed by atoms with E-state index in [9.17, 15) is 9.50 Å². The van der Waals surface area contributed by atoms with Gasteiger partial charge in [0.1, 0.15) is 24.3 Å². The average molecular weight is 323 g/mol. The Labute approximate surface area is 139 Å². The Kier molecular flexibility index (Phi) is 6.42. The van der Waals surface area contributed by atoms with Gasteiger partial charge in [-0.2, -0.15) is 0 Å². The van der Waals surface area contributed by atoms with Crippen molar-refractivity contribution in [2.45, 2.75) is 58.6 Å². The Morgan fingerprint density at radius 1 is 1.22 bits per heavy atom. The van der Waals surface area contributed by atoms with Crippen molar-refractivity contribution in [3.8, 4) is 5.75 Å². The van der Waals surface area contributed by atoms with Crippen LogP contribution >= 0.6 is 0 Å². The van der Waals surface area contributed by atoms with Crippen LogP contribution in [0.4, 0.5) is 4.39 Å². The van der Waals surface area contributed by atoms with E-state index in [2.05, 4.69) is 26.1 Å². The van der Waals surface area contributed by atoms with Crippen LogP contribution in [0.15, 0.2) is 24.3 Å². The second-order valence-corrected chi connectivity index (χ2v) is 7.69. The molecule has 2 N–H and O–H groups in total. The van der Waals surface area contributed by atoms with Gasteiger partial charge in [0, 0.05) is 12.6 Å². The second-order valence-electron chi connectivity index (χ2n) is 7.69. The molecule has 0 saturated heterocycles. The zero-order chi connectivity index (χ0) is 16.9. The van der Waals surface area contributed by atoms with Gasteiger partial charge in [0.25, 0.3) is 0 Å². The third-order valence-corrected chi connectivity index (χ3v) is 4.75. The molecule has 0 bridgehead atoms. The molecule has 1 saturated carbocycles. The van der Waals surface area contributed by atoms with Crippen LogP contribution in [-0.4, -0.2) is 30.4 Å². The van der Waals surface area contributed by atoms with E-state index in [1.54, 1.807) is 12.1 Å². The van der Waals surface area contributed by atoms with Gasteiger partial charge in [0.05, 0.1) is 0 Å². The third kappa shape index (κ3) is 5.78. The molecule has 0 aliphatic heterocycles. The summed E-state index contributed by atoms with van der Waals surface area (Å²) in [5.41, 5.74) is 0.285. The van der Waals surface area contributed by atoms with Crippen LogP contribution in [-0.2, 0) is 0 Å². The van der Waals surface area contributed by atoms with Gasteiger partial charge in [-0.3, -0.25) is 0 Å². The topological polar surface area (TPSA) is 41.5 Å². The van der Waals surface area contributed by atoms with Crippen molar-refractivity contribution in [2.75, 3.05) is 13.2 Å². The standard InChI is InChI=1S/C19H30FNO2/c1-19(2,3)17-6-4-5-7-18(17)21-12-15(22)13-23-16-10-8-14(20)9-11-16/h8-11,15,17-18,21-22H,4-7,12-13H2,1-3H3. The number of benzene rings is 1. The molecule has 1 fully saturated rings. The maximum Gasteiger partial charge on any atom is 0.123 e. The Morgan fingerprint density at radius 2 is 1.87 bits per heavy atom. The quantitative estimate of drug-likeness (QED) is 0.837. The number of aliphatic hydroxyl groups is 1. The molecule has 3 nitrogen and oxygen atoms in total. The maximum atomic E-state index is 12.8. The van der Waals surface area contributed by atoms with Crippen molar-refractivity contribution in [3.05, 3.63) is 30.1 Å². The van der Waals surface area contributed by atoms with Crippen molar-refractivity contribution in [1.29, 1.82) is 0 Å². The zero-order valence-electron chi connectivity index (χ0n) is 14.5. The number of halogens is 1. The summed E-state index contributed by atoms with van der Waals surface area (Å²) in [6, 6.07) is 6.33. The first-order valence-electron chi connectivity index (χ1n) is 8.66. The summed E-state index contributed by atoms with van der Waals surface area (Å²) >= 11 is 0. The predicted octanol–water partition coefficient (Wildman–Crippen LogP) is 3.76. The van der Waals surface area contributed by atoms with Crippen LogP contribution in [0.25, 0.3) is 0 Å². The molecule has 1 aromatic carbocycles. The highest BCUT2D eigenvalue weighted by Crippen LogP contribution is 2.37. The van der Waals surface area contributed by atoms with Crippen molar-refractivity contribution in [1.82, 2.24) is 5.32 Å². The number of nitrogens with one attached hydrogen (secondary N) is 1. The highest BCUT2D eigenvalue weighted by atomic mass is 19.1. The minimum Gasteiger partial charge on any atom is -0.491 e. The Bertz CT molecular complexity index is 469. The fourth-order valence-electron chi connectivity index (χ4n) is 3.48. The van der Waals surface area contributed by atoms with Gasteiger partial charge in [-0.15, -0.1) is 0 Å². The number of aliphatic hydroxyl groups excluding tert-OH is 1. The van der Waals surface area contributed by atoms with Gasteiger partial charge in [-0.25, -0.2) is 4.39 Å². The van der Waals surface area contributed by atoms with Gasteiger partial charge in [0.15, 0.2) is 0 Å². The van der Waals surface area contributed by atoms with E-state index in [0.29, 0.717) is 24.3 Å². The fourth-order valence-corrected chi connectivity index (χ4v) is 3.48. The zero-order valence-corrected chi connectivity index (χ0v) is 14.5. The van der Waals surface area contributed by atoms with Crippen LogP contribution in [0.5, 0.6) is 5.75 Å². The summed E-state index contributed by atoms with van der Waals surface area (Å²) in [7, 11) is 0. The summed E-state index contributed by atoms with van der Waals surface area (Å²) < 4.78 is 18.3. The van der Waals surface area contributed by atoms with Crippen molar-refractivity contribution >= 4 is 0 Å². The van der Waals surface area contributed by atoms with E-state index in [4.69, 9.17) is 4.74 Å². The van der Waals surface area contributed by atoms with Crippen molar-refractivity contribution < 1.29 is 14.2 Å². The molecule has 0 radical (unpaired) electrons. The average Bonchev–Trinajstić information content (AvgIpc) is 2.52. The molecule has 0 amide bonds. The van der Waals surface area contributed by atoms with Crippen molar-refractivity contribution in [3.63, 3.8) is 0 Å². The minimum absolute atomic E-state index is 0.214. The molecule has 0 heterocycles. The van der Waals surface area contributed by atoms with Gasteiger partial charge in [0.2, 0.25) is 0 Å². The molecule has 3 atom stereocenters.